The van der Waals surface area contributed by atoms with Crippen molar-refractivity contribution in [2.45, 2.75) is 13.0 Å². The highest BCUT2D eigenvalue weighted by Crippen LogP contribution is 2.23. The standard InChI is InChI=1S/C19H17BrFNO.ClH/c20-16-5-3-15(4-6-16)19-10-9-18(23-19)13-22-12-11-14-1-7-17(21)8-2-14;/h1-10,22H,11-13H2;1H. The maximum atomic E-state index is 12.8. The normalized spacial score (nSPS) is 10.4. The molecule has 0 amide bonds. The minimum absolute atomic E-state index is 0. The Hall–Kier alpha value is -1.62. The summed E-state index contributed by atoms with van der Waals surface area (Å²) in [7, 11) is 0. The molecule has 0 bridgehead atoms. The lowest BCUT2D eigenvalue weighted by Gasteiger charge is -2.03. The predicted octanol–water partition coefficient (Wildman–Crippen LogP) is 5.60. The summed E-state index contributed by atoms with van der Waals surface area (Å²) in [6.07, 6.45) is 0.862. The molecule has 1 aromatic heterocycles. The zero-order valence-electron chi connectivity index (χ0n) is 13.0. The fourth-order valence-electron chi connectivity index (χ4n) is 2.34. The number of nitrogens with one attached hydrogen (secondary N) is 1. The average Bonchev–Trinajstić information content (AvgIpc) is 3.03. The molecule has 1 heterocycles. The molecule has 0 aliphatic rings. The van der Waals surface area contributed by atoms with Crippen molar-refractivity contribution in [3.05, 3.63) is 82.3 Å². The second kappa shape index (κ2) is 9.02. The van der Waals surface area contributed by atoms with Crippen molar-refractivity contribution in [2.75, 3.05) is 6.54 Å². The van der Waals surface area contributed by atoms with Gasteiger partial charge in [-0.25, -0.2) is 4.39 Å². The van der Waals surface area contributed by atoms with E-state index in [0.717, 1.165) is 40.1 Å². The third-order valence-corrected chi connectivity index (χ3v) is 4.12. The smallest absolute Gasteiger partial charge is 0.134 e. The first kappa shape index (κ1) is 18.7. The zero-order valence-corrected chi connectivity index (χ0v) is 15.4. The second-order valence-corrected chi connectivity index (χ2v) is 6.24. The number of halogens is 3. The molecule has 0 aliphatic carbocycles. The van der Waals surface area contributed by atoms with Gasteiger partial charge in [-0.3, -0.25) is 0 Å². The monoisotopic (exact) mass is 409 g/mol. The van der Waals surface area contributed by atoms with Crippen LogP contribution in [0.3, 0.4) is 0 Å². The number of hydrogen-bond donors (Lipinski definition) is 1. The van der Waals surface area contributed by atoms with E-state index in [1.807, 2.05) is 48.5 Å². The van der Waals surface area contributed by atoms with E-state index in [2.05, 4.69) is 21.2 Å². The van der Waals surface area contributed by atoms with E-state index in [4.69, 9.17) is 4.42 Å². The summed E-state index contributed by atoms with van der Waals surface area (Å²) in [4.78, 5) is 0. The largest absolute Gasteiger partial charge is 0.460 e. The summed E-state index contributed by atoms with van der Waals surface area (Å²) < 4.78 is 19.7. The first-order valence-electron chi connectivity index (χ1n) is 7.50. The fraction of sp³-hybridized carbons (Fsp3) is 0.158. The molecular weight excluding hydrogens is 393 g/mol. The van der Waals surface area contributed by atoms with Crippen LogP contribution in [-0.2, 0) is 13.0 Å². The average molecular weight is 411 g/mol. The molecule has 0 saturated heterocycles. The van der Waals surface area contributed by atoms with Crippen LogP contribution in [0, 0.1) is 5.82 Å². The number of hydrogen-bond acceptors (Lipinski definition) is 2. The van der Waals surface area contributed by atoms with Crippen LogP contribution < -0.4 is 5.32 Å². The molecule has 0 fully saturated rings. The minimum atomic E-state index is -0.197. The molecule has 3 rings (SSSR count). The SMILES string of the molecule is Cl.Fc1ccc(CCNCc2ccc(-c3ccc(Br)cc3)o2)cc1. The summed E-state index contributed by atoms with van der Waals surface area (Å²) in [6.45, 7) is 1.50. The lowest BCUT2D eigenvalue weighted by atomic mass is 10.1. The maximum absolute atomic E-state index is 12.8. The Morgan fingerprint density at radius 1 is 0.917 bits per heavy atom. The second-order valence-electron chi connectivity index (χ2n) is 5.33. The van der Waals surface area contributed by atoms with Crippen LogP contribution in [0.2, 0.25) is 0 Å². The summed E-state index contributed by atoms with van der Waals surface area (Å²) in [6, 6.07) is 18.6. The van der Waals surface area contributed by atoms with Gasteiger partial charge in [-0.1, -0.05) is 40.2 Å². The van der Waals surface area contributed by atoms with Gasteiger partial charge in [0.15, 0.2) is 0 Å². The number of benzene rings is 2. The highest BCUT2D eigenvalue weighted by molar-refractivity contribution is 9.10. The molecule has 24 heavy (non-hydrogen) atoms. The molecular formula is C19H18BrClFNO. The van der Waals surface area contributed by atoms with Gasteiger partial charge in [0.2, 0.25) is 0 Å². The van der Waals surface area contributed by atoms with E-state index < -0.39 is 0 Å². The van der Waals surface area contributed by atoms with Crippen molar-refractivity contribution in [1.82, 2.24) is 5.32 Å². The first-order valence-corrected chi connectivity index (χ1v) is 8.30. The predicted molar refractivity (Wildman–Crippen MR) is 101 cm³/mol. The Bertz CT molecular complexity index is 756. The van der Waals surface area contributed by atoms with Gasteiger partial charge in [0, 0.05) is 10.0 Å². The summed E-state index contributed by atoms with van der Waals surface area (Å²) >= 11 is 3.43. The van der Waals surface area contributed by atoms with E-state index >= 15 is 0 Å². The van der Waals surface area contributed by atoms with Crippen molar-refractivity contribution < 1.29 is 8.81 Å². The molecule has 2 aromatic carbocycles. The molecule has 0 spiro atoms. The molecule has 0 atom stereocenters. The van der Waals surface area contributed by atoms with Gasteiger partial charge in [-0.15, -0.1) is 12.4 Å². The van der Waals surface area contributed by atoms with Gasteiger partial charge in [0.25, 0.3) is 0 Å². The van der Waals surface area contributed by atoms with Crippen LogP contribution in [0.4, 0.5) is 4.39 Å². The summed E-state index contributed by atoms with van der Waals surface area (Å²) in [5.41, 5.74) is 2.18. The minimum Gasteiger partial charge on any atom is -0.460 e. The van der Waals surface area contributed by atoms with Crippen LogP contribution >= 0.6 is 28.3 Å². The summed E-state index contributed by atoms with van der Waals surface area (Å²) in [5, 5.41) is 3.34. The Morgan fingerprint density at radius 2 is 1.62 bits per heavy atom. The lowest BCUT2D eigenvalue weighted by molar-refractivity contribution is 0.494. The summed E-state index contributed by atoms with van der Waals surface area (Å²) in [5.74, 6) is 1.58. The van der Waals surface area contributed by atoms with Crippen LogP contribution in [0.25, 0.3) is 11.3 Å². The van der Waals surface area contributed by atoms with Crippen molar-refractivity contribution in [3.63, 3.8) is 0 Å². The first-order chi connectivity index (χ1) is 11.2. The van der Waals surface area contributed by atoms with E-state index in [0.29, 0.717) is 6.54 Å². The zero-order chi connectivity index (χ0) is 16.1. The van der Waals surface area contributed by atoms with Crippen molar-refractivity contribution in [3.8, 4) is 11.3 Å². The molecule has 0 radical (unpaired) electrons. The Balaban J connectivity index is 0.00000208. The number of rotatable bonds is 6. The molecule has 1 N–H and O–H groups in total. The van der Waals surface area contributed by atoms with Gasteiger partial charge in [0.05, 0.1) is 6.54 Å². The third kappa shape index (κ3) is 5.20. The Morgan fingerprint density at radius 3 is 2.33 bits per heavy atom. The van der Waals surface area contributed by atoms with E-state index in [1.54, 1.807) is 0 Å². The molecule has 5 heteroatoms. The quantitative estimate of drug-likeness (QED) is 0.535. The fourth-order valence-corrected chi connectivity index (χ4v) is 2.60. The van der Waals surface area contributed by atoms with Crippen molar-refractivity contribution in [2.24, 2.45) is 0 Å². The van der Waals surface area contributed by atoms with E-state index in [9.17, 15) is 4.39 Å². The topological polar surface area (TPSA) is 25.2 Å². The molecule has 2 nitrogen and oxygen atoms in total. The van der Waals surface area contributed by atoms with E-state index in [-0.39, 0.29) is 18.2 Å². The van der Waals surface area contributed by atoms with Gasteiger partial charge in [-0.2, -0.15) is 0 Å². The molecule has 0 aliphatic heterocycles. The van der Waals surface area contributed by atoms with Crippen LogP contribution in [0.5, 0.6) is 0 Å². The molecule has 126 valence electrons. The molecule has 3 aromatic rings. The lowest BCUT2D eigenvalue weighted by Crippen LogP contribution is -2.16. The van der Waals surface area contributed by atoms with Gasteiger partial charge in [-0.05, 0) is 54.9 Å². The maximum Gasteiger partial charge on any atom is 0.134 e. The van der Waals surface area contributed by atoms with Crippen molar-refractivity contribution in [1.29, 1.82) is 0 Å². The Labute approximate surface area is 155 Å². The Kier molecular flexibility index (Phi) is 7.03. The third-order valence-electron chi connectivity index (χ3n) is 3.59. The van der Waals surface area contributed by atoms with Gasteiger partial charge in [0.1, 0.15) is 17.3 Å². The van der Waals surface area contributed by atoms with Gasteiger partial charge >= 0.3 is 0 Å². The van der Waals surface area contributed by atoms with Gasteiger partial charge < -0.3 is 9.73 Å². The highest BCUT2D eigenvalue weighted by atomic mass is 79.9. The van der Waals surface area contributed by atoms with Crippen molar-refractivity contribution >= 4 is 28.3 Å². The number of furan rings is 1. The van der Waals surface area contributed by atoms with Crippen LogP contribution in [-0.4, -0.2) is 6.54 Å². The van der Waals surface area contributed by atoms with Crippen LogP contribution in [0.15, 0.2) is 69.6 Å². The van der Waals surface area contributed by atoms with E-state index in [1.165, 1.54) is 12.1 Å². The molecule has 0 saturated carbocycles. The highest BCUT2D eigenvalue weighted by Gasteiger charge is 2.04. The molecule has 0 unspecified atom stereocenters. The van der Waals surface area contributed by atoms with Crippen LogP contribution in [0.1, 0.15) is 11.3 Å².